The Labute approximate surface area is 131 Å². The maximum absolute atomic E-state index is 11.2. The fraction of sp³-hybridized carbons (Fsp3) is 0.500. The summed E-state index contributed by atoms with van der Waals surface area (Å²) in [7, 11) is 0. The van der Waals surface area contributed by atoms with Gasteiger partial charge in [0.25, 0.3) is 0 Å². The average molecular weight is 304 g/mol. The molecule has 0 aliphatic carbocycles. The Morgan fingerprint density at radius 3 is 2.59 bits per heavy atom. The first-order valence-corrected chi connectivity index (χ1v) is 7.51. The number of allylic oxidation sites excluding steroid dienone is 1. The van der Waals surface area contributed by atoms with Crippen molar-refractivity contribution in [3.63, 3.8) is 0 Å². The van der Waals surface area contributed by atoms with E-state index in [1.54, 1.807) is 0 Å². The molecule has 0 spiro atoms. The minimum Gasteiger partial charge on any atom is -0.489 e. The van der Waals surface area contributed by atoms with Gasteiger partial charge in [-0.1, -0.05) is 11.6 Å². The molecule has 0 radical (unpaired) electrons. The van der Waals surface area contributed by atoms with Gasteiger partial charge in [0.15, 0.2) is 0 Å². The lowest BCUT2D eigenvalue weighted by atomic mass is 9.84. The van der Waals surface area contributed by atoms with Gasteiger partial charge in [0.1, 0.15) is 23.7 Å². The summed E-state index contributed by atoms with van der Waals surface area (Å²) in [6, 6.07) is 5.67. The molecular weight excluding hydrogens is 280 g/mol. The standard InChI is InChI=1S/C18H24O4/c1-11(2)15-10-21-16-8-12(22-18(3,4)5)6-7-13(16)14(15)9-17(19)20/h6-8,14H,9-10H2,1-5H3,(H,19,20). The van der Waals surface area contributed by atoms with E-state index in [1.807, 2.05) is 52.8 Å². The highest BCUT2D eigenvalue weighted by atomic mass is 16.5. The number of aliphatic carboxylic acids is 1. The zero-order valence-corrected chi connectivity index (χ0v) is 13.9. The normalized spacial score (nSPS) is 17.5. The van der Waals surface area contributed by atoms with Crippen molar-refractivity contribution in [1.29, 1.82) is 0 Å². The highest BCUT2D eigenvalue weighted by molar-refractivity contribution is 5.70. The first kappa shape index (κ1) is 16.4. The molecule has 0 fully saturated rings. The van der Waals surface area contributed by atoms with Crippen LogP contribution >= 0.6 is 0 Å². The SMILES string of the molecule is CC(C)=C1COc2cc(OC(C)(C)C)ccc2C1CC(=O)O. The fourth-order valence-electron chi connectivity index (χ4n) is 2.69. The lowest BCUT2D eigenvalue weighted by molar-refractivity contribution is -0.137. The van der Waals surface area contributed by atoms with Crippen LogP contribution in [0.15, 0.2) is 29.3 Å². The average Bonchev–Trinajstić information content (AvgIpc) is 2.35. The minimum atomic E-state index is -0.799. The fourth-order valence-corrected chi connectivity index (χ4v) is 2.69. The predicted molar refractivity (Wildman–Crippen MR) is 85.7 cm³/mol. The first-order chi connectivity index (χ1) is 10.2. The zero-order valence-electron chi connectivity index (χ0n) is 13.9. The molecule has 4 heteroatoms. The van der Waals surface area contributed by atoms with Crippen molar-refractivity contribution in [3.05, 3.63) is 34.9 Å². The van der Waals surface area contributed by atoms with Crippen LogP contribution in [0.25, 0.3) is 0 Å². The van der Waals surface area contributed by atoms with Crippen molar-refractivity contribution in [2.75, 3.05) is 6.61 Å². The van der Waals surface area contributed by atoms with E-state index < -0.39 is 5.97 Å². The van der Waals surface area contributed by atoms with Crippen molar-refractivity contribution in [2.24, 2.45) is 0 Å². The molecule has 1 aromatic rings. The summed E-state index contributed by atoms with van der Waals surface area (Å²) in [5, 5.41) is 9.21. The van der Waals surface area contributed by atoms with Crippen LogP contribution in [0.4, 0.5) is 0 Å². The molecule has 0 bridgehead atoms. The maximum atomic E-state index is 11.2. The van der Waals surface area contributed by atoms with E-state index in [0.29, 0.717) is 6.61 Å². The number of carboxylic acid groups (broad SMARTS) is 1. The lowest BCUT2D eigenvalue weighted by Crippen LogP contribution is -2.24. The van der Waals surface area contributed by atoms with Gasteiger partial charge < -0.3 is 14.6 Å². The van der Waals surface area contributed by atoms with Gasteiger partial charge >= 0.3 is 5.97 Å². The van der Waals surface area contributed by atoms with Crippen LogP contribution in [0.2, 0.25) is 0 Å². The highest BCUT2D eigenvalue weighted by Gasteiger charge is 2.29. The molecule has 22 heavy (non-hydrogen) atoms. The van der Waals surface area contributed by atoms with Crippen LogP contribution in [0.5, 0.6) is 11.5 Å². The first-order valence-electron chi connectivity index (χ1n) is 7.51. The van der Waals surface area contributed by atoms with Crippen LogP contribution in [-0.2, 0) is 4.79 Å². The molecule has 0 amide bonds. The molecule has 0 aromatic heterocycles. The van der Waals surface area contributed by atoms with E-state index >= 15 is 0 Å². The van der Waals surface area contributed by atoms with Crippen LogP contribution in [0.1, 0.15) is 52.5 Å². The summed E-state index contributed by atoms with van der Waals surface area (Å²) in [6.45, 7) is 10.4. The van der Waals surface area contributed by atoms with E-state index in [2.05, 4.69) is 0 Å². The molecular formula is C18H24O4. The molecule has 4 nitrogen and oxygen atoms in total. The Hall–Kier alpha value is -1.97. The quantitative estimate of drug-likeness (QED) is 0.852. The number of ether oxygens (including phenoxy) is 2. The minimum absolute atomic E-state index is 0.0797. The molecule has 0 saturated heterocycles. The molecule has 2 rings (SSSR count). The smallest absolute Gasteiger partial charge is 0.304 e. The van der Waals surface area contributed by atoms with Gasteiger partial charge in [-0.15, -0.1) is 0 Å². The third-order valence-electron chi connectivity index (χ3n) is 3.61. The van der Waals surface area contributed by atoms with Gasteiger partial charge in [-0.3, -0.25) is 4.79 Å². The van der Waals surface area contributed by atoms with E-state index in [-0.39, 0.29) is 17.9 Å². The number of rotatable bonds is 3. The summed E-state index contributed by atoms with van der Waals surface area (Å²) >= 11 is 0. The molecule has 1 atom stereocenters. The van der Waals surface area contributed by atoms with Gasteiger partial charge in [0.2, 0.25) is 0 Å². The van der Waals surface area contributed by atoms with E-state index in [1.165, 1.54) is 0 Å². The van der Waals surface area contributed by atoms with Gasteiger partial charge in [-0.25, -0.2) is 0 Å². The highest BCUT2D eigenvalue weighted by Crippen LogP contribution is 2.42. The van der Waals surface area contributed by atoms with Crippen LogP contribution in [0, 0.1) is 0 Å². The number of carboxylic acids is 1. The molecule has 1 aliphatic rings. The predicted octanol–water partition coefficient (Wildman–Crippen LogP) is 4.15. The largest absolute Gasteiger partial charge is 0.489 e. The molecule has 1 heterocycles. The second-order valence-corrected chi connectivity index (χ2v) is 6.88. The third-order valence-corrected chi connectivity index (χ3v) is 3.61. The molecule has 1 aliphatic heterocycles. The molecule has 0 saturated carbocycles. The van der Waals surface area contributed by atoms with Crippen LogP contribution in [0.3, 0.4) is 0 Å². The zero-order chi connectivity index (χ0) is 16.5. The second-order valence-electron chi connectivity index (χ2n) is 6.88. The van der Waals surface area contributed by atoms with Gasteiger partial charge in [0.05, 0.1) is 6.42 Å². The maximum Gasteiger partial charge on any atom is 0.304 e. The number of benzene rings is 1. The Kier molecular flexibility index (Phi) is 4.50. The summed E-state index contributed by atoms with van der Waals surface area (Å²) in [5.41, 5.74) is 2.81. The Bertz CT molecular complexity index is 604. The van der Waals surface area contributed by atoms with Crippen molar-refractivity contribution in [1.82, 2.24) is 0 Å². The Morgan fingerprint density at radius 1 is 1.36 bits per heavy atom. The number of hydrogen-bond donors (Lipinski definition) is 1. The monoisotopic (exact) mass is 304 g/mol. The summed E-state index contributed by atoms with van der Waals surface area (Å²) < 4.78 is 11.7. The van der Waals surface area contributed by atoms with Crippen molar-refractivity contribution >= 4 is 5.97 Å². The van der Waals surface area contributed by atoms with Crippen LogP contribution < -0.4 is 9.47 Å². The second kappa shape index (κ2) is 6.03. The topological polar surface area (TPSA) is 55.8 Å². The number of carbonyl (C=O) groups is 1. The van der Waals surface area contributed by atoms with Gasteiger partial charge in [0, 0.05) is 17.5 Å². The lowest BCUT2D eigenvalue weighted by Gasteiger charge is -2.30. The molecule has 120 valence electrons. The van der Waals surface area contributed by atoms with E-state index in [9.17, 15) is 9.90 Å². The summed E-state index contributed by atoms with van der Waals surface area (Å²) in [6.07, 6.45) is 0.0797. The summed E-state index contributed by atoms with van der Waals surface area (Å²) in [5.74, 6) is 0.528. The molecule has 1 unspecified atom stereocenters. The third kappa shape index (κ3) is 3.81. The van der Waals surface area contributed by atoms with Crippen molar-refractivity contribution in [2.45, 2.75) is 52.6 Å². The number of hydrogen-bond acceptors (Lipinski definition) is 3. The molecule has 1 aromatic carbocycles. The van der Waals surface area contributed by atoms with Gasteiger partial charge in [-0.05, 0) is 46.3 Å². The van der Waals surface area contributed by atoms with Crippen LogP contribution in [-0.4, -0.2) is 23.3 Å². The Balaban J connectivity index is 2.39. The summed E-state index contributed by atoms with van der Waals surface area (Å²) in [4.78, 5) is 11.2. The Morgan fingerprint density at radius 2 is 2.05 bits per heavy atom. The van der Waals surface area contributed by atoms with E-state index in [0.717, 1.165) is 28.2 Å². The molecule has 1 N–H and O–H groups in total. The number of fused-ring (bicyclic) bond motifs is 1. The van der Waals surface area contributed by atoms with Crippen molar-refractivity contribution in [3.8, 4) is 11.5 Å². The van der Waals surface area contributed by atoms with Crippen molar-refractivity contribution < 1.29 is 19.4 Å². The van der Waals surface area contributed by atoms with E-state index in [4.69, 9.17) is 9.47 Å². The van der Waals surface area contributed by atoms with Gasteiger partial charge in [-0.2, -0.15) is 0 Å².